The van der Waals surface area contributed by atoms with Crippen LogP contribution in [0, 0.1) is 0 Å². The van der Waals surface area contributed by atoms with Crippen LogP contribution < -0.4 is 15.0 Å². The van der Waals surface area contributed by atoms with Gasteiger partial charge in [-0.2, -0.15) is 0 Å². The largest absolute Gasteiger partial charge is 0.493 e. The zero-order valence-electron chi connectivity index (χ0n) is 16.2. The van der Waals surface area contributed by atoms with Crippen LogP contribution in [0.1, 0.15) is 35.8 Å². The Bertz CT molecular complexity index is 821. The molecule has 0 amide bonds. The highest BCUT2D eigenvalue weighted by Gasteiger charge is 2.24. The van der Waals surface area contributed by atoms with Crippen molar-refractivity contribution < 1.29 is 14.2 Å². The molecule has 0 radical (unpaired) electrons. The summed E-state index contributed by atoms with van der Waals surface area (Å²) in [5.41, 5.74) is 1.72. The molecule has 1 N–H and O–H groups in total. The van der Waals surface area contributed by atoms with E-state index in [0.29, 0.717) is 12.3 Å². The van der Waals surface area contributed by atoms with E-state index in [2.05, 4.69) is 20.9 Å². The third kappa shape index (κ3) is 4.87. The lowest BCUT2D eigenvalue weighted by molar-refractivity contribution is 0.178. The minimum Gasteiger partial charge on any atom is -0.493 e. The van der Waals surface area contributed by atoms with Crippen LogP contribution in [0.15, 0.2) is 29.1 Å². The quantitative estimate of drug-likeness (QED) is 0.803. The van der Waals surface area contributed by atoms with Crippen molar-refractivity contribution in [2.75, 3.05) is 34.4 Å². The first-order valence-corrected chi connectivity index (χ1v) is 9.15. The number of rotatable bonds is 7. The predicted octanol–water partition coefficient (Wildman–Crippen LogP) is 2.31. The molecule has 1 aromatic carbocycles. The average molecular weight is 373 g/mol. The molecule has 2 aromatic rings. The molecule has 0 bridgehead atoms. The van der Waals surface area contributed by atoms with Gasteiger partial charge < -0.3 is 19.2 Å². The molecule has 2 heterocycles. The summed E-state index contributed by atoms with van der Waals surface area (Å²) in [5, 5.41) is 0. The van der Waals surface area contributed by atoms with E-state index in [0.717, 1.165) is 49.8 Å². The molecule has 3 rings (SSSR count). The Kier molecular flexibility index (Phi) is 6.47. The summed E-state index contributed by atoms with van der Waals surface area (Å²) in [5.74, 6) is 2.44. The first-order chi connectivity index (χ1) is 13.1. The molecule has 7 nitrogen and oxygen atoms in total. The highest BCUT2D eigenvalue weighted by Crippen LogP contribution is 2.30. The standard InChI is InChI=1S/C20H27N3O4/c1-25-13-16-10-19(24)22-20(21-16)15-5-4-8-23(12-15)11-14-6-7-17(26-2)18(9-14)27-3/h6-7,9-10,15H,4-5,8,11-13H2,1-3H3,(H,21,22,24). The maximum Gasteiger partial charge on any atom is 0.251 e. The Labute approximate surface area is 159 Å². The van der Waals surface area contributed by atoms with Gasteiger partial charge in [-0.3, -0.25) is 9.69 Å². The summed E-state index contributed by atoms with van der Waals surface area (Å²) in [6.45, 7) is 3.04. The van der Waals surface area contributed by atoms with Crippen molar-refractivity contribution in [1.29, 1.82) is 0 Å². The monoisotopic (exact) mass is 373 g/mol. The van der Waals surface area contributed by atoms with Crippen LogP contribution in [-0.2, 0) is 17.9 Å². The molecular weight excluding hydrogens is 346 g/mol. The van der Waals surface area contributed by atoms with Crippen LogP contribution in [-0.4, -0.2) is 49.3 Å². The van der Waals surface area contributed by atoms with Crippen molar-refractivity contribution in [3.8, 4) is 11.5 Å². The molecule has 1 aliphatic rings. The first kappa shape index (κ1) is 19.4. The molecule has 1 atom stereocenters. The van der Waals surface area contributed by atoms with Crippen LogP contribution in [0.4, 0.5) is 0 Å². The number of benzene rings is 1. The van der Waals surface area contributed by atoms with E-state index in [1.165, 1.54) is 11.6 Å². The molecule has 1 aliphatic heterocycles. The van der Waals surface area contributed by atoms with Crippen molar-refractivity contribution in [3.05, 3.63) is 51.7 Å². The molecule has 1 aromatic heterocycles. The predicted molar refractivity (Wildman–Crippen MR) is 102 cm³/mol. The van der Waals surface area contributed by atoms with Gasteiger partial charge in [0.25, 0.3) is 5.56 Å². The highest BCUT2D eigenvalue weighted by molar-refractivity contribution is 5.42. The van der Waals surface area contributed by atoms with Gasteiger partial charge in [0.15, 0.2) is 11.5 Å². The topological polar surface area (TPSA) is 76.7 Å². The van der Waals surface area contributed by atoms with Crippen molar-refractivity contribution >= 4 is 0 Å². The Hall–Kier alpha value is -2.38. The zero-order valence-corrected chi connectivity index (χ0v) is 16.2. The molecule has 1 saturated heterocycles. The summed E-state index contributed by atoms with van der Waals surface area (Å²) in [7, 11) is 4.89. The minimum atomic E-state index is -0.121. The van der Waals surface area contributed by atoms with Crippen molar-refractivity contribution in [3.63, 3.8) is 0 Å². The number of H-pyrrole nitrogens is 1. The van der Waals surface area contributed by atoms with E-state index in [1.807, 2.05) is 12.1 Å². The number of likely N-dealkylation sites (tertiary alicyclic amines) is 1. The van der Waals surface area contributed by atoms with Crippen LogP contribution in [0.25, 0.3) is 0 Å². The fourth-order valence-electron chi connectivity index (χ4n) is 3.60. The molecule has 0 saturated carbocycles. The number of piperidine rings is 1. The van der Waals surface area contributed by atoms with Crippen molar-refractivity contribution in [2.45, 2.75) is 31.9 Å². The second kappa shape index (κ2) is 9.01. The zero-order chi connectivity index (χ0) is 19.2. The lowest BCUT2D eigenvalue weighted by Crippen LogP contribution is -2.35. The lowest BCUT2D eigenvalue weighted by Gasteiger charge is -2.32. The Balaban J connectivity index is 1.72. The van der Waals surface area contributed by atoms with Gasteiger partial charge in [0.05, 0.1) is 26.5 Å². The number of nitrogens with one attached hydrogen (secondary N) is 1. The van der Waals surface area contributed by atoms with E-state index in [4.69, 9.17) is 14.2 Å². The number of methoxy groups -OCH3 is 3. The minimum absolute atomic E-state index is 0.121. The number of aromatic amines is 1. The molecule has 7 heteroatoms. The summed E-state index contributed by atoms with van der Waals surface area (Å²) in [4.78, 5) is 21.8. The van der Waals surface area contributed by atoms with Gasteiger partial charge in [0, 0.05) is 32.2 Å². The summed E-state index contributed by atoms with van der Waals surface area (Å²) in [6.07, 6.45) is 2.08. The normalized spacial score (nSPS) is 17.7. The summed E-state index contributed by atoms with van der Waals surface area (Å²) < 4.78 is 15.8. The Morgan fingerprint density at radius 1 is 1.19 bits per heavy atom. The third-order valence-electron chi connectivity index (χ3n) is 4.85. The van der Waals surface area contributed by atoms with E-state index < -0.39 is 0 Å². The van der Waals surface area contributed by atoms with E-state index >= 15 is 0 Å². The number of ether oxygens (including phenoxy) is 3. The van der Waals surface area contributed by atoms with Crippen LogP contribution in [0.5, 0.6) is 11.5 Å². The van der Waals surface area contributed by atoms with Gasteiger partial charge in [0.2, 0.25) is 0 Å². The highest BCUT2D eigenvalue weighted by atomic mass is 16.5. The van der Waals surface area contributed by atoms with Crippen LogP contribution >= 0.6 is 0 Å². The molecule has 27 heavy (non-hydrogen) atoms. The molecule has 1 fully saturated rings. The lowest BCUT2D eigenvalue weighted by atomic mass is 9.96. The van der Waals surface area contributed by atoms with Crippen molar-refractivity contribution in [1.82, 2.24) is 14.9 Å². The van der Waals surface area contributed by atoms with Gasteiger partial charge in [-0.15, -0.1) is 0 Å². The average Bonchev–Trinajstić information content (AvgIpc) is 2.68. The van der Waals surface area contributed by atoms with E-state index in [9.17, 15) is 4.79 Å². The first-order valence-electron chi connectivity index (χ1n) is 9.15. The maximum absolute atomic E-state index is 11.9. The van der Waals surface area contributed by atoms with Gasteiger partial charge in [0.1, 0.15) is 5.82 Å². The fourth-order valence-corrected chi connectivity index (χ4v) is 3.60. The number of nitrogens with zero attached hydrogens (tertiary/aromatic N) is 2. The van der Waals surface area contributed by atoms with Gasteiger partial charge in [-0.25, -0.2) is 4.98 Å². The third-order valence-corrected chi connectivity index (χ3v) is 4.85. The van der Waals surface area contributed by atoms with Crippen molar-refractivity contribution in [2.24, 2.45) is 0 Å². The molecule has 1 unspecified atom stereocenters. The summed E-state index contributed by atoms with van der Waals surface area (Å²) in [6, 6.07) is 7.51. The molecule has 0 aliphatic carbocycles. The fraction of sp³-hybridized carbons (Fsp3) is 0.500. The van der Waals surface area contributed by atoms with E-state index in [-0.39, 0.29) is 11.5 Å². The second-order valence-electron chi connectivity index (χ2n) is 6.82. The van der Waals surface area contributed by atoms with Gasteiger partial charge in [-0.05, 0) is 37.1 Å². The Morgan fingerprint density at radius 3 is 2.74 bits per heavy atom. The SMILES string of the molecule is COCc1cc(=O)[nH]c(C2CCCN(Cc3ccc(OC)c(OC)c3)C2)n1. The smallest absolute Gasteiger partial charge is 0.251 e. The van der Waals surface area contributed by atoms with Gasteiger partial charge in [-0.1, -0.05) is 6.07 Å². The molecule has 146 valence electrons. The number of hydrogen-bond donors (Lipinski definition) is 1. The van der Waals surface area contributed by atoms with E-state index in [1.54, 1.807) is 21.3 Å². The summed E-state index contributed by atoms with van der Waals surface area (Å²) >= 11 is 0. The Morgan fingerprint density at radius 2 is 2.00 bits per heavy atom. The van der Waals surface area contributed by atoms with Crippen LogP contribution in [0.3, 0.4) is 0 Å². The van der Waals surface area contributed by atoms with Gasteiger partial charge >= 0.3 is 0 Å². The maximum atomic E-state index is 11.9. The second-order valence-corrected chi connectivity index (χ2v) is 6.82. The number of aromatic nitrogens is 2. The molecule has 0 spiro atoms. The van der Waals surface area contributed by atoms with Crippen LogP contribution in [0.2, 0.25) is 0 Å². The molecular formula is C20H27N3O4. The number of hydrogen-bond acceptors (Lipinski definition) is 6.